The molecule has 1 N–H and O–H groups in total. The summed E-state index contributed by atoms with van der Waals surface area (Å²) >= 11 is 0. The van der Waals surface area contributed by atoms with Gasteiger partial charge >= 0.3 is 0 Å². The van der Waals surface area contributed by atoms with Crippen LogP contribution >= 0.6 is 0 Å². The monoisotopic (exact) mass is 273 g/mol. The normalized spacial score (nSPS) is 34.7. The Bertz CT molecular complexity index is 420. The zero-order valence-corrected chi connectivity index (χ0v) is 12.8. The van der Waals surface area contributed by atoms with E-state index < -0.39 is 0 Å². The van der Waals surface area contributed by atoms with Crippen LogP contribution in [0.3, 0.4) is 0 Å². The van der Waals surface area contributed by atoms with Crippen LogP contribution in [0.2, 0.25) is 0 Å². The molecule has 1 aliphatic carbocycles. The van der Waals surface area contributed by atoms with Crippen molar-refractivity contribution in [2.45, 2.75) is 44.7 Å². The minimum Gasteiger partial charge on any atom is -0.313 e. The first-order valence-corrected chi connectivity index (χ1v) is 8.09. The summed E-state index contributed by atoms with van der Waals surface area (Å²) in [7, 11) is 2.25. The first-order chi connectivity index (χ1) is 9.75. The molecule has 0 aromatic carbocycles. The minimum absolute atomic E-state index is 0.535. The minimum atomic E-state index is 0.535. The van der Waals surface area contributed by atoms with Gasteiger partial charge in [0, 0.05) is 31.0 Å². The van der Waals surface area contributed by atoms with Crippen molar-refractivity contribution < 1.29 is 0 Å². The van der Waals surface area contributed by atoms with Crippen LogP contribution in [0.15, 0.2) is 24.5 Å². The third kappa shape index (κ3) is 2.89. The van der Waals surface area contributed by atoms with E-state index in [0.29, 0.717) is 6.04 Å². The first-order valence-electron chi connectivity index (χ1n) is 8.09. The van der Waals surface area contributed by atoms with E-state index in [0.717, 1.165) is 24.4 Å². The standard InChI is InChI=1S/C17H27N3/c1-13-5-3-7-16(13)19-12-15-8-10-20(2)17(15)14-6-4-9-18-11-14/h4,6,9,11,13,15-17,19H,3,5,7-8,10,12H2,1-2H3/t13-,15+,16-,17+/m1/s1. The van der Waals surface area contributed by atoms with Gasteiger partial charge in [-0.1, -0.05) is 19.4 Å². The maximum atomic E-state index is 4.30. The van der Waals surface area contributed by atoms with Crippen molar-refractivity contribution in [3.63, 3.8) is 0 Å². The van der Waals surface area contributed by atoms with E-state index in [2.05, 4.69) is 41.3 Å². The Morgan fingerprint density at radius 1 is 1.35 bits per heavy atom. The van der Waals surface area contributed by atoms with E-state index in [1.54, 1.807) is 0 Å². The molecule has 0 amide bonds. The predicted octanol–water partition coefficient (Wildman–Crippen LogP) is 2.85. The molecular formula is C17H27N3. The lowest BCUT2D eigenvalue weighted by molar-refractivity contribution is 0.263. The van der Waals surface area contributed by atoms with E-state index in [9.17, 15) is 0 Å². The fraction of sp³-hybridized carbons (Fsp3) is 0.706. The van der Waals surface area contributed by atoms with Gasteiger partial charge in [0.2, 0.25) is 0 Å². The molecule has 0 bridgehead atoms. The van der Waals surface area contributed by atoms with Crippen molar-refractivity contribution >= 4 is 0 Å². The molecule has 2 aliphatic rings. The van der Waals surface area contributed by atoms with Gasteiger partial charge in [0.1, 0.15) is 0 Å². The SMILES string of the molecule is C[C@@H]1CCC[C@H]1NC[C@@H]1CCN(C)[C@H]1c1cccnc1. The van der Waals surface area contributed by atoms with Gasteiger partial charge in [0.05, 0.1) is 0 Å². The van der Waals surface area contributed by atoms with Crippen LogP contribution in [0.4, 0.5) is 0 Å². The Morgan fingerprint density at radius 2 is 2.25 bits per heavy atom. The summed E-state index contributed by atoms with van der Waals surface area (Å²) in [5.41, 5.74) is 1.37. The molecule has 0 unspecified atom stereocenters. The van der Waals surface area contributed by atoms with Crippen LogP contribution in [0, 0.1) is 11.8 Å². The largest absolute Gasteiger partial charge is 0.313 e. The number of likely N-dealkylation sites (tertiary alicyclic amines) is 1. The molecule has 1 aromatic heterocycles. The lowest BCUT2D eigenvalue weighted by atomic mass is 9.94. The molecule has 1 aliphatic heterocycles. The number of pyridine rings is 1. The highest BCUT2D eigenvalue weighted by molar-refractivity contribution is 5.17. The molecule has 3 rings (SSSR count). The number of aromatic nitrogens is 1. The molecule has 2 heterocycles. The number of hydrogen-bond acceptors (Lipinski definition) is 3. The number of nitrogens with zero attached hydrogens (tertiary/aromatic N) is 2. The van der Waals surface area contributed by atoms with Crippen molar-refractivity contribution in [2.75, 3.05) is 20.1 Å². The summed E-state index contributed by atoms with van der Waals surface area (Å²) < 4.78 is 0. The molecule has 2 fully saturated rings. The molecule has 1 saturated heterocycles. The summed E-state index contributed by atoms with van der Waals surface area (Å²) in [5, 5.41) is 3.85. The quantitative estimate of drug-likeness (QED) is 0.914. The van der Waals surface area contributed by atoms with Crippen LogP contribution in [0.5, 0.6) is 0 Å². The Balaban J connectivity index is 1.63. The topological polar surface area (TPSA) is 28.2 Å². The van der Waals surface area contributed by atoms with Crippen LogP contribution in [0.1, 0.15) is 44.2 Å². The molecule has 1 aromatic rings. The van der Waals surface area contributed by atoms with E-state index >= 15 is 0 Å². The molecule has 20 heavy (non-hydrogen) atoms. The molecule has 0 spiro atoms. The third-order valence-electron chi connectivity index (χ3n) is 5.30. The van der Waals surface area contributed by atoms with Crippen LogP contribution in [0.25, 0.3) is 0 Å². The third-order valence-corrected chi connectivity index (χ3v) is 5.30. The number of hydrogen-bond donors (Lipinski definition) is 1. The zero-order chi connectivity index (χ0) is 13.9. The lowest BCUT2D eigenvalue weighted by Crippen LogP contribution is -2.36. The van der Waals surface area contributed by atoms with Gasteiger partial charge in [-0.2, -0.15) is 0 Å². The molecule has 110 valence electrons. The van der Waals surface area contributed by atoms with Crippen molar-refractivity contribution in [2.24, 2.45) is 11.8 Å². The van der Waals surface area contributed by atoms with E-state index in [1.807, 2.05) is 12.4 Å². The molecule has 0 radical (unpaired) electrons. The van der Waals surface area contributed by atoms with Crippen LogP contribution in [-0.4, -0.2) is 36.1 Å². The maximum Gasteiger partial charge on any atom is 0.0401 e. The first kappa shape index (κ1) is 14.0. The number of nitrogens with one attached hydrogen (secondary N) is 1. The molecule has 3 heteroatoms. The average molecular weight is 273 g/mol. The van der Waals surface area contributed by atoms with Crippen molar-refractivity contribution in [1.82, 2.24) is 15.2 Å². The summed E-state index contributed by atoms with van der Waals surface area (Å²) in [6.07, 6.45) is 9.36. The highest BCUT2D eigenvalue weighted by Gasteiger charge is 2.34. The number of rotatable bonds is 4. The second kappa shape index (κ2) is 6.23. The van der Waals surface area contributed by atoms with Gasteiger partial charge in [0.15, 0.2) is 0 Å². The summed E-state index contributed by atoms with van der Waals surface area (Å²) in [5.74, 6) is 1.57. The Labute approximate surface area is 122 Å². The van der Waals surface area contributed by atoms with E-state index in [-0.39, 0.29) is 0 Å². The Hall–Kier alpha value is -0.930. The van der Waals surface area contributed by atoms with Crippen molar-refractivity contribution in [3.05, 3.63) is 30.1 Å². The van der Waals surface area contributed by atoms with Gasteiger partial charge in [-0.3, -0.25) is 9.88 Å². The van der Waals surface area contributed by atoms with Crippen molar-refractivity contribution in [3.8, 4) is 0 Å². The van der Waals surface area contributed by atoms with Gasteiger partial charge in [-0.15, -0.1) is 0 Å². The average Bonchev–Trinajstić information content (AvgIpc) is 3.03. The fourth-order valence-corrected chi connectivity index (χ4v) is 4.07. The van der Waals surface area contributed by atoms with E-state index in [1.165, 1.54) is 37.8 Å². The molecule has 1 saturated carbocycles. The lowest BCUT2D eigenvalue weighted by Gasteiger charge is -2.27. The highest BCUT2D eigenvalue weighted by Crippen LogP contribution is 2.35. The maximum absolute atomic E-state index is 4.30. The van der Waals surface area contributed by atoms with E-state index in [4.69, 9.17) is 0 Å². The zero-order valence-electron chi connectivity index (χ0n) is 12.8. The Kier molecular flexibility index (Phi) is 4.37. The second-order valence-electron chi connectivity index (χ2n) is 6.68. The fourth-order valence-electron chi connectivity index (χ4n) is 4.07. The smallest absolute Gasteiger partial charge is 0.0401 e. The van der Waals surface area contributed by atoms with Gasteiger partial charge in [-0.05, 0) is 56.3 Å². The van der Waals surface area contributed by atoms with Crippen molar-refractivity contribution in [1.29, 1.82) is 0 Å². The predicted molar refractivity (Wildman–Crippen MR) is 82.5 cm³/mol. The molecule has 4 atom stereocenters. The van der Waals surface area contributed by atoms with Crippen LogP contribution < -0.4 is 5.32 Å². The molecule has 3 nitrogen and oxygen atoms in total. The summed E-state index contributed by atoms with van der Waals surface area (Å²) in [4.78, 5) is 6.79. The summed E-state index contributed by atoms with van der Waals surface area (Å²) in [6.45, 7) is 4.75. The second-order valence-corrected chi connectivity index (χ2v) is 6.68. The molecular weight excluding hydrogens is 246 g/mol. The van der Waals surface area contributed by atoms with Gasteiger partial charge in [0.25, 0.3) is 0 Å². The Morgan fingerprint density at radius 3 is 2.95 bits per heavy atom. The van der Waals surface area contributed by atoms with Crippen LogP contribution in [-0.2, 0) is 0 Å². The van der Waals surface area contributed by atoms with Gasteiger partial charge in [-0.25, -0.2) is 0 Å². The van der Waals surface area contributed by atoms with Gasteiger partial charge < -0.3 is 5.32 Å². The summed E-state index contributed by atoms with van der Waals surface area (Å²) in [6, 6.07) is 5.57. The highest BCUT2D eigenvalue weighted by atomic mass is 15.2.